The van der Waals surface area contributed by atoms with Gasteiger partial charge in [-0.25, -0.2) is 0 Å². The summed E-state index contributed by atoms with van der Waals surface area (Å²) in [6.07, 6.45) is 4.53. The van der Waals surface area contributed by atoms with Crippen molar-refractivity contribution in [2.24, 2.45) is 5.92 Å². The molecule has 1 atom stereocenters. The van der Waals surface area contributed by atoms with E-state index in [9.17, 15) is 14.4 Å². The molecule has 0 spiro atoms. The van der Waals surface area contributed by atoms with Crippen LogP contribution in [0.5, 0.6) is 0 Å². The summed E-state index contributed by atoms with van der Waals surface area (Å²) in [7, 11) is 0. The second-order valence-electron chi connectivity index (χ2n) is 8.06. The zero-order valence-electron chi connectivity index (χ0n) is 19.3. The van der Waals surface area contributed by atoms with Gasteiger partial charge in [0.05, 0.1) is 12.5 Å². The Labute approximate surface area is 211 Å². The molecule has 34 heavy (non-hydrogen) atoms. The van der Waals surface area contributed by atoms with Crippen LogP contribution in [0.3, 0.4) is 0 Å². The van der Waals surface area contributed by atoms with Crippen molar-refractivity contribution in [2.45, 2.75) is 38.6 Å². The maximum Gasteiger partial charge on any atom is 0.239 e. The number of nitrogens with zero attached hydrogens (tertiary/aromatic N) is 1. The van der Waals surface area contributed by atoms with Crippen LogP contribution in [0.15, 0.2) is 67.3 Å². The number of halogens is 2. The average Bonchev–Trinajstić information content (AvgIpc) is 3.61. The Bertz CT molecular complexity index is 965. The first-order valence-electron chi connectivity index (χ1n) is 11.2. The molecule has 1 heterocycles. The van der Waals surface area contributed by atoms with Gasteiger partial charge in [-0.3, -0.25) is 14.4 Å². The highest BCUT2D eigenvalue weighted by Gasteiger charge is 2.32. The molecule has 1 saturated heterocycles. The molecule has 2 aromatic rings. The summed E-state index contributed by atoms with van der Waals surface area (Å²) in [6.45, 7) is 5.54. The van der Waals surface area contributed by atoms with E-state index in [0.29, 0.717) is 17.1 Å². The van der Waals surface area contributed by atoms with E-state index in [2.05, 4.69) is 17.2 Å². The summed E-state index contributed by atoms with van der Waals surface area (Å²) in [5, 5.41) is 7.03. The van der Waals surface area contributed by atoms with E-state index in [1.54, 1.807) is 30.3 Å². The number of piperidine rings is 1. The molecule has 1 saturated carbocycles. The van der Waals surface area contributed by atoms with Gasteiger partial charge in [-0.1, -0.05) is 53.5 Å². The van der Waals surface area contributed by atoms with Crippen LogP contribution >= 0.6 is 23.2 Å². The Morgan fingerprint density at radius 1 is 1.06 bits per heavy atom. The molecule has 2 N–H and O–H groups in total. The van der Waals surface area contributed by atoms with Crippen LogP contribution in [0.2, 0.25) is 10.0 Å². The van der Waals surface area contributed by atoms with E-state index in [1.165, 1.54) is 4.90 Å². The molecule has 6 nitrogen and oxygen atoms in total. The van der Waals surface area contributed by atoms with Crippen molar-refractivity contribution in [1.82, 2.24) is 10.2 Å². The van der Waals surface area contributed by atoms with Gasteiger partial charge in [0.2, 0.25) is 17.7 Å². The van der Waals surface area contributed by atoms with E-state index in [0.717, 1.165) is 17.9 Å². The smallest absolute Gasteiger partial charge is 0.239 e. The SMILES string of the molecule is C=CC.Clc1ccccc1.O=C(CN1CC(C(=O)Nc2cccc(Cl)c2)CCC1=O)NC1CC1. The standard InChI is InChI=1S/C17H20ClN3O3.C6H5Cl.C3H6/c18-12-2-1-3-14(8-12)20-17(24)11-4-7-16(23)21(9-11)10-15(22)19-13-5-6-13;7-6-4-2-1-3-5-6;1-3-2/h1-3,8,11,13H,4-7,9-10H2,(H,19,22)(H,20,24);1-5H;3H,1H2,2H3. The fourth-order valence-electron chi connectivity index (χ4n) is 3.18. The average molecular weight is 504 g/mol. The van der Waals surface area contributed by atoms with Gasteiger partial charge < -0.3 is 15.5 Å². The van der Waals surface area contributed by atoms with Gasteiger partial charge in [0.1, 0.15) is 0 Å². The molecule has 4 rings (SSSR count). The highest BCUT2D eigenvalue weighted by molar-refractivity contribution is 6.31. The molecule has 2 fully saturated rings. The molecule has 0 bridgehead atoms. The van der Waals surface area contributed by atoms with E-state index in [-0.39, 0.29) is 49.2 Å². The van der Waals surface area contributed by atoms with E-state index < -0.39 is 0 Å². The monoisotopic (exact) mass is 503 g/mol. The molecule has 8 heteroatoms. The Morgan fingerprint density at radius 3 is 2.26 bits per heavy atom. The number of nitrogens with one attached hydrogen (secondary N) is 2. The minimum atomic E-state index is -0.324. The van der Waals surface area contributed by atoms with Crippen molar-refractivity contribution in [1.29, 1.82) is 0 Å². The van der Waals surface area contributed by atoms with Crippen molar-refractivity contribution >= 4 is 46.6 Å². The Morgan fingerprint density at radius 2 is 1.71 bits per heavy atom. The Hall–Kier alpha value is -2.83. The molecular weight excluding hydrogens is 473 g/mol. The molecule has 1 aliphatic heterocycles. The maximum absolute atomic E-state index is 12.4. The van der Waals surface area contributed by atoms with Gasteiger partial charge in [-0.05, 0) is 56.5 Å². The van der Waals surface area contributed by atoms with Gasteiger partial charge in [0.25, 0.3) is 0 Å². The van der Waals surface area contributed by atoms with E-state index >= 15 is 0 Å². The Balaban J connectivity index is 0.000000341. The first-order valence-corrected chi connectivity index (χ1v) is 12.0. The molecule has 3 amide bonds. The minimum Gasteiger partial charge on any atom is -0.352 e. The molecule has 2 aromatic carbocycles. The number of amides is 3. The third-order valence-electron chi connectivity index (χ3n) is 4.97. The second kappa shape index (κ2) is 14.4. The van der Waals surface area contributed by atoms with Gasteiger partial charge in [0, 0.05) is 34.7 Å². The Kier molecular flexibility index (Phi) is 11.6. The van der Waals surface area contributed by atoms with Gasteiger partial charge in [-0.2, -0.15) is 0 Å². The molecule has 0 radical (unpaired) electrons. The first-order chi connectivity index (χ1) is 16.3. The number of likely N-dealkylation sites (tertiary alicyclic amines) is 1. The van der Waals surface area contributed by atoms with Gasteiger partial charge in [0.15, 0.2) is 0 Å². The van der Waals surface area contributed by atoms with Crippen LogP contribution in [0.25, 0.3) is 0 Å². The number of hydrogen-bond donors (Lipinski definition) is 2. The zero-order valence-corrected chi connectivity index (χ0v) is 20.8. The third kappa shape index (κ3) is 10.4. The van der Waals surface area contributed by atoms with Gasteiger partial charge in [-0.15, -0.1) is 6.58 Å². The van der Waals surface area contributed by atoms with Crippen molar-refractivity contribution in [2.75, 3.05) is 18.4 Å². The lowest BCUT2D eigenvalue weighted by Crippen LogP contribution is -2.48. The first kappa shape index (κ1) is 27.4. The molecule has 0 aromatic heterocycles. The number of carbonyl (C=O) groups excluding carboxylic acids is 3. The zero-order chi connectivity index (χ0) is 24.9. The van der Waals surface area contributed by atoms with Crippen molar-refractivity contribution < 1.29 is 14.4 Å². The summed E-state index contributed by atoms with van der Waals surface area (Å²) in [4.78, 5) is 37.8. The molecule has 2 aliphatic rings. The summed E-state index contributed by atoms with van der Waals surface area (Å²) >= 11 is 11.5. The van der Waals surface area contributed by atoms with E-state index in [4.69, 9.17) is 23.2 Å². The van der Waals surface area contributed by atoms with Crippen LogP contribution < -0.4 is 10.6 Å². The normalized spacial score (nSPS) is 16.7. The number of carbonyl (C=O) groups is 3. The number of benzene rings is 2. The number of rotatable bonds is 5. The van der Waals surface area contributed by atoms with Crippen molar-refractivity contribution in [3.63, 3.8) is 0 Å². The largest absolute Gasteiger partial charge is 0.352 e. The fourth-order valence-corrected chi connectivity index (χ4v) is 3.52. The van der Waals surface area contributed by atoms with Crippen LogP contribution in [0, 0.1) is 5.92 Å². The van der Waals surface area contributed by atoms with Crippen molar-refractivity contribution in [3.8, 4) is 0 Å². The van der Waals surface area contributed by atoms with Crippen LogP contribution in [0.4, 0.5) is 5.69 Å². The molecule has 1 aliphatic carbocycles. The van der Waals surface area contributed by atoms with Crippen LogP contribution in [-0.2, 0) is 14.4 Å². The van der Waals surface area contributed by atoms with E-state index in [1.807, 2.05) is 37.3 Å². The topological polar surface area (TPSA) is 78.5 Å². The number of anilines is 1. The summed E-state index contributed by atoms with van der Waals surface area (Å²) in [5.74, 6) is -0.706. The van der Waals surface area contributed by atoms with Gasteiger partial charge >= 0.3 is 0 Å². The quantitative estimate of drug-likeness (QED) is 0.541. The lowest BCUT2D eigenvalue weighted by molar-refractivity contribution is -0.141. The summed E-state index contributed by atoms with van der Waals surface area (Å²) in [6, 6.07) is 16.6. The predicted octanol–water partition coefficient (Wildman–Crippen LogP) is 5.33. The third-order valence-corrected chi connectivity index (χ3v) is 5.46. The lowest BCUT2D eigenvalue weighted by Gasteiger charge is -2.31. The predicted molar refractivity (Wildman–Crippen MR) is 138 cm³/mol. The minimum absolute atomic E-state index is 0.0241. The summed E-state index contributed by atoms with van der Waals surface area (Å²) < 4.78 is 0. The number of allylic oxidation sites excluding steroid dienone is 1. The highest BCUT2D eigenvalue weighted by Crippen LogP contribution is 2.22. The highest BCUT2D eigenvalue weighted by atomic mass is 35.5. The molecule has 182 valence electrons. The molecular formula is C26H31Cl2N3O3. The summed E-state index contributed by atoms with van der Waals surface area (Å²) in [5.41, 5.74) is 0.627. The van der Waals surface area contributed by atoms with Crippen LogP contribution in [0.1, 0.15) is 32.6 Å². The lowest BCUT2D eigenvalue weighted by atomic mass is 9.96. The van der Waals surface area contributed by atoms with Crippen molar-refractivity contribution in [3.05, 3.63) is 77.3 Å². The fraction of sp³-hybridized carbons (Fsp3) is 0.346. The molecule has 1 unspecified atom stereocenters. The maximum atomic E-state index is 12.4. The second-order valence-corrected chi connectivity index (χ2v) is 8.93. The number of hydrogen-bond acceptors (Lipinski definition) is 3. The van der Waals surface area contributed by atoms with Crippen LogP contribution in [-0.4, -0.2) is 41.8 Å².